The van der Waals surface area contributed by atoms with Crippen molar-refractivity contribution in [2.75, 3.05) is 14.2 Å². The number of rotatable bonds is 4. The van der Waals surface area contributed by atoms with Crippen LogP contribution in [0.3, 0.4) is 0 Å². The number of hydrogen-bond donors (Lipinski definition) is 0. The minimum Gasteiger partial charge on any atom is -0.497 e. The van der Waals surface area contributed by atoms with E-state index in [1.165, 1.54) is 44.6 Å². The molecule has 6 nitrogen and oxygen atoms in total. The molecule has 0 saturated carbocycles. The summed E-state index contributed by atoms with van der Waals surface area (Å²) < 4.78 is 10.2. The van der Waals surface area contributed by atoms with Crippen molar-refractivity contribution in [2.24, 2.45) is 5.16 Å². The molecule has 1 aliphatic rings. The molecular weight excluding hydrogens is 274 g/mol. The van der Waals surface area contributed by atoms with Crippen LogP contribution >= 0.6 is 0 Å². The standard InChI is InChI=1S/C15H13NO5/c1-19-12-7-8-13(14(9-12)20-2)15(18)21-16-10-3-5-11(17)6-4-10/h3-9H,1-2H3. The Bertz CT molecular complexity index is 640. The molecule has 0 fully saturated rings. The predicted molar refractivity (Wildman–Crippen MR) is 75.7 cm³/mol. The Labute approximate surface area is 121 Å². The van der Waals surface area contributed by atoms with Gasteiger partial charge in [-0.2, -0.15) is 0 Å². The zero-order chi connectivity index (χ0) is 15.2. The average Bonchev–Trinajstić information content (AvgIpc) is 2.53. The number of ketones is 1. The molecule has 6 heteroatoms. The lowest BCUT2D eigenvalue weighted by atomic mass is 10.2. The molecule has 0 radical (unpaired) electrons. The zero-order valence-electron chi connectivity index (χ0n) is 11.5. The lowest BCUT2D eigenvalue weighted by molar-refractivity contribution is -0.110. The van der Waals surface area contributed by atoms with Crippen molar-refractivity contribution in [3.8, 4) is 11.5 Å². The van der Waals surface area contributed by atoms with Crippen molar-refractivity contribution in [3.05, 3.63) is 48.1 Å². The van der Waals surface area contributed by atoms with Crippen LogP contribution in [0.25, 0.3) is 0 Å². The Balaban J connectivity index is 2.14. The first kappa shape index (κ1) is 14.5. The van der Waals surface area contributed by atoms with Crippen LogP contribution in [0.4, 0.5) is 0 Å². The first-order valence-corrected chi connectivity index (χ1v) is 6.05. The molecule has 0 unspecified atom stereocenters. The summed E-state index contributed by atoms with van der Waals surface area (Å²) in [5.74, 6) is 0.0774. The molecule has 0 aromatic heterocycles. The quantitative estimate of drug-likeness (QED) is 0.480. The number of nitrogens with zero attached hydrogens (tertiary/aromatic N) is 1. The Kier molecular flexibility index (Phi) is 4.50. The second-order valence-corrected chi connectivity index (χ2v) is 4.03. The van der Waals surface area contributed by atoms with Gasteiger partial charge < -0.3 is 14.3 Å². The normalized spacial score (nSPS) is 13.0. The maximum absolute atomic E-state index is 12.0. The first-order chi connectivity index (χ1) is 10.1. The Morgan fingerprint density at radius 2 is 1.76 bits per heavy atom. The summed E-state index contributed by atoms with van der Waals surface area (Å²) in [6.07, 6.45) is 5.59. The molecule has 0 spiro atoms. The van der Waals surface area contributed by atoms with Gasteiger partial charge in [-0.3, -0.25) is 4.79 Å². The largest absolute Gasteiger partial charge is 0.497 e. The monoisotopic (exact) mass is 287 g/mol. The summed E-state index contributed by atoms with van der Waals surface area (Å²) in [5.41, 5.74) is 0.595. The fourth-order valence-electron chi connectivity index (χ4n) is 1.62. The fraction of sp³-hybridized carbons (Fsp3) is 0.133. The molecule has 0 atom stereocenters. The number of hydrogen-bond acceptors (Lipinski definition) is 6. The maximum Gasteiger partial charge on any atom is 0.369 e. The Morgan fingerprint density at radius 3 is 2.38 bits per heavy atom. The molecule has 0 N–H and O–H groups in total. The lowest BCUT2D eigenvalue weighted by Crippen LogP contribution is -2.06. The third-order valence-corrected chi connectivity index (χ3v) is 2.70. The number of ether oxygens (including phenoxy) is 2. The molecule has 1 aromatic carbocycles. The van der Waals surface area contributed by atoms with Crippen LogP contribution in [0.1, 0.15) is 10.4 Å². The highest BCUT2D eigenvalue weighted by atomic mass is 16.7. The van der Waals surface area contributed by atoms with Crippen LogP contribution in [-0.4, -0.2) is 31.7 Å². The minimum absolute atomic E-state index is 0.142. The third kappa shape index (κ3) is 3.56. The molecular formula is C15H13NO5. The molecule has 2 rings (SSSR count). The van der Waals surface area contributed by atoms with Crippen LogP contribution in [0.2, 0.25) is 0 Å². The summed E-state index contributed by atoms with van der Waals surface area (Å²) in [6, 6.07) is 4.71. The van der Waals surface area contributed by atoms with E-state index in [9.17, 15) is 9.59 Å². The number of carbonyl (C=O) groups is 2. The topological polar surface area (TPSA) is 74.2 Å². The van der Waals surface area contributed by atoms with Crippen LogP contribution in [-0.2, 0) is 9.63 Å². The third-order valence-electron chi connectivity index (χ3n) is 2.70. The van der Waals surface area contributed by atoms with Crippen molar-refractivity contribution in [3.63, 3.8) is 0 Å². The van der Waals surface area contributed by atoms with Gasteiger partial charge in [0.2, 0.25) is 0 Å². The molecule has 1 aromatic rings. The van der Waals surface area contributed by atoms with E-state index >= 15 is 0 Å². The molecule has 0 bridgehead atoms. The molecule has 1 aliphatic carbocycles. The SMILES string of the molecule is COc1ccc(C(=O)ON=C2C=CC(=O)C=C2)c(OC)c1. The number of benzene rings is 1. The van der Waals surface area contributed by atoms with E-state index in [2.05, 4.69) is 5.16 Å². The lowest BCUT2D eigenvalue weighted by Gasteiger charge is -2.08. The summed E-state index contributed by atoms with van der Waals surface area (Å²) in [4.78, 5) is 27.7. The van der Waals surface area contributed by atoms with Gasteiger partial charge in [-0.25, -0.2) is 4.79 Å². The number of oxime groups is 1. The van der Waals surface area contributed by atoms with Gasteiger partial charge in [0, 0.05) is 6.07 Å². The van der Waals surface area contributed by atoms with Gasteiger partial charge in [0.05, 0.1) is 14.2 Å². The number of methoxy groups -OCH3 is 2. The summed E-state index contributed by atoms with van der Waals surface area (Å²) >= 11 is 0. The first-order valence-electron chi connectivity index (χ1n) is 6.05. The fourth-order valence-corrected chi connectivity index (χ4v) is 1.62. The van der Waals surface area contributed by atoms with Crippen LogP contribution < -0.4 is 9.47 Å². The van der Waals surface area contributed by atoms with Crippen LogP contribution in [0.5, 0.6) is 11.5 Å². The summed E-state index contributed by atoms with van der Waals surface area (Å²) in [5, 5.41) is 3.67. The van der Waals surface area contributed by atoms with E-state index in [-0.39, 0.29) is 11.3 Å². The minimum atomic E-state index is -0.666. The molecule has 108 valence electrons. The van der Waals surface area contributed by atoms with Gasteiger partial charge in [0.15, 0.2) is 5.78 Å². The maximum atomic E-state index is 12.0. The number of carbonyl (C=O) groups excluding carboxylic acids is 2. The Morgan fingerprint density at radius 1 is 1.05 bits per heavy atom. The van der Waals surface area contributed by atoms with Crippen LogP contribution in [0, 0.1) is 0 Å². The van der Waals surface area contributed by atoms with Crippen molar-refractivity contribution in [2.45, 2.75) is 0 Å². The van der Waals surface area contributed by atoms with Gasteiger partial charge in [0.1, 0.15) is 22.8 Å². The van der Waals surface area contributed by atoms with E-state index in [0.29, 0.717) is 17.2 Å². The summed E-state index contributed by atoms with van der Waals surface area (Å²) in [6.45, 7) is 0. The van der Waals surface area contributed by atoms with E-state index in [0.717, 1.165) is 0 Å². The zero-order valence-corrected chi connectivity index (χ0v) is 11.5. The predicted octanol–water partition coefficient (Wildman–Crippen LogP) is 1.91. The van der Waals surface area contributed by atoms with E-state index in [1.807, 2.05) is 0 Å². The molecule has 0 saturated heterocycles. The smallest absolute Gasteiger partial charge is 0.369 e. The average molecular weight is 287 g/mol. The van der Waals surface area contributed by atoms with Crippen molar-refractivity contribution >= 4 is 17.5 Å². The van der Waals surface area contributed by atoms with Gasteiger partial charge in [0.25, 0.3) is 0 Å². The molecule has 0 aliphatic heterocycles. The van der Waals surface area contributed by atoms with Gasteiger partial charge >= 0.3 is 5.97 Å². The highest BCUT2D eigenvalue weighted by molar-refractivity contribution is 6.16. The highest BCUT2D eigenvalue weighted by Crippen LogP contribution is 2.25. The van der Waals surface area contributed by atoms with Crippen molar-refractivity contribution < 1.29 is 23.9 Å². The van der Waals surface area contributed by atoms with Crippen molar-refractivity contribution in [1.29, 1.82) is 0 Å². The molecule has 0 heterocycles. The van der Waals surface area contributed by atoms with E-state index < -0.39 is 5.97 Å². The summed E-state index contributed by atoms with van der Waals surface area (Å²) in [7, 11) is 2.96. The van der Waals surface area contributed by atoms with E-state index in [4.69, 9.17) is 14.3 Å². The second kappa shape index (κ2) is 6.51. The van der Waals surface area contributed by atoms with Gasteiger partial charge in [-0.15, -0.1) is 0 Å². The molecule has 21 heavy (non-hydrogen) atoms. The number of allylic oxidation sites excluding steroid dienone is 4. The highest BCUT2D eigenvalue weighted by Gasteiger charge is 2.15. The van der Waals surface area contributed by atoms with Gasteiger partial charge in [-0.1, -0.05) is 5.16 Å². The Hall–Kier alpha value is -2.89. The van der Waals surface area contributed by atoms with E-state index in [1.54, 1.807) is 12.1 Å². The van der Waals surface area contributed by atoms with Crippen molar-refractivity contribution in [1.82, 2.24) is 0 Å². The van der Waals surface area contributed by atoms with Gasteiger partial charge in [-0.05, 0) is 36.4 Å². The second-order valence-electron chi connectivity index (χ2n) is 4.03. The van der Waals surface area contributed by atoms with Crippen LogP contribution in [0.15, 0.2) is 47.7 Å². The molecule has 0 amide bonds.